The van der Waals surface area contributed by atoms with E-state index in [2.05, 4.69) is 20.5 Å². The predicted molar refractivity (Wildman–Crippen MR) is 139 cm³/mol. The number of halogens is 1. The summed E-state index contributed by atoms with van der Waals surface area (Å²) in [6, 6.07) is 15.6. The highest BCUT2D eigenvalue weighted by molar-refractivity contribution is 7.99. The highest BCUT2D eigenvalue weighted by Gasteiger charge is 2.18. The Morgan fingerprint density at radius 1 is 1.00 bits per heavy atom. The predicted octanol–water partition coefficient (Wildman–Crippen LogP) is 6.42. The van der Waals surface area contributed by atoms with Gasteiger partial charge in [-0.05, 0) is 68.1 Å². The van der Waals surface area contributed by atoms with Gasteiger partial charge in [-0.15, -0.1) is 10.2 Å². The second kappa shape index (κ2) is 10.8. The zero-order valence-corrected chi connectivity index (χ0v) is 21.0. The third-order valence-corrected chi connectivity index (χ3v) is 7.00. The third-order valence-electron chi connectivity index (χ3n) is 5.58. The van der Waals surface area contributed by atoms with Crippen LogP contribution in [0.5, 0.6) is 0 Å². The SMILES string of the molecule is Cc1cccc(C)c1NC(=O)CCCSc1nnc(-c2ccncc2)n1-c1cccc(Cl)c1C. The van der Waals surface area contributed by atoms with Gasteiger partial charge in [-0.2, -0.15) is 0 Å². The minimum Gasteiger partial charge on any atom is -0.326 e. The maximum atomic E-state index is 12.5. The van der Waals surface area contributed by atoms with Crippen LogP contribution in [0, 0.1) is 20.8 Å². The minimum absolute atomic E-state index is 0.0163. The summed E-state index contributed by atoms with van der Waals surface area (Å²) in [5.74, 6) is 1.47. The van der Waals surface area contributed by atoms with Crippen molar-refractivity contribution in [2.45, 2.75) is 38.8 Å². The summed E-state index contributed by atoms with van der Waals surface area (Å²) in [5, 5.41) is 13.4. The molecule has 4 rings (SSSR count). The van der Waals surface area contributed by atoms with Crippen molar-refractivity contribution < 1.29 is 4.79 Å². The number of benzene rings is 2. The number of hydrogen-bond donors (Lipinski definition) is 1. The van der Waals surface area contributed by atoms with Gasteiger partial charge < -0.3 is 5.32 Å². The number of hydrogen-bond acceptors (Lipinski definition) is 5. The Morgan fingerprint density at radius 3 is 2.44 bits per heavy atom. The number of anilines is 1. The van der Waals surface area contributed by atoms with Crippen molar-refractivity contribution in [3.05, 3.63) is 82.6 Å². The molecule has 2 aromatic heterocycles. The number of nitrogens with one attached hydrogen (secondary N) is 1. The summed E-state index contributed by atoms with van der Waals surface area (Å²) in [6.45, 7) is 5.99. The molecule has 6 nitrogen and oxygen atoms in total. The van der Waals surface area contributed by atoms with Crippen LogP contribution in [-0.2, 0) is 4.79 Å². The second-order valence-electron chi connectivity index (χ2n) is 8.03. The van der Waals surface area contributed by atoms with Crippen LogP contribution in [-0.4, -0.2) is 31.4 Å². The standard InChI is InChI=1S/C26H26ClN5OS/c1-17-7-4-8-18(2)24(17)29-23(33)11-6-16-34-26-31-30-25(20-12-14-28-15-13-20)32(26)22-10-5-9-21(27)19(22)3/h4-5,7-10,12-15H,6,11,16H2,1-3H3,(H,29,33). The maximum Gasteiger partial charge on any atom is 0.224 e. The number of pyridine rings is 1. The number of aryl methyl sites for hydroxylation is 2. The van der Waals surface area contributed by atoms with Gasteiger partial charge >= 0.3 is 0 Å². The van der Waals surface area contributed by atoms with Crippen LogP contribution in [0.3, 0.4) is 0 Å². The molecule has 0 saturated carbocycles. The van der Waals surface area contributed by atoms with Crippen LogP contribution in [0.15, 0.2) is 66.1 Å². The van der Waals surface area contributed by atoms with E-state index in [1.165, 1.54) is 0 Å². The van der Waals surface area contributed by atoms with Gasteiger partial charge in [0, 0.05) is 40.8 Å². The fourth-order valence-corrected chi connectivity index (χ4v) is 4.77. The summed E-state index contributed by atoms with van der Waals surface area (Å²) in [6.07, 6.45) is 4.62. The van der Waals surface area contributed by atoms with Crippen molar-refractivity contribution >= 4 is 35.0 Å². The molecule has 0 atom stereocenters. The van der Waals surface area contributed by atoms with E-state index in [9.17, 15) is 4.79 Å². The summed E-state index contributed by atoms with van der Waals surface area (Å²) < 4.78 is 2.03. The molecule has 0 spiro atoms. The summed E-state index contributed by atoms with van der Waals surface area (Å²) >= 11 is 7.99. The van der Waals surface area contributed by atoms with Gasteiger partial charge in [0.15, 0.2) is 11.0 Å². The molecule has 8 heteroatoms. The first kappa shape index (κ1) is 24.0. The summed E-state index contributed by atoms with van der Waals surface area (Å²) in [7, 11) is 0. The number of thioether (sulfide) groups is 1. The second-order valence-corrected chi connectivity index (χ2v) is 9.50. The van der Waals surface area contributed by atoms with Crippen LogP contribution in [0.1, 0.15) is 29.5 Å². The van der Waals surface area contributed by atoms with Crippen LogP contribution >= 0.6 is 23.4 Å². The molecule has 0 saturated heterocycles. The van der Waals surface area contributed by atoms with Crippen molar-refractivity contribution in [1.82, 2.24) is 19.7 Å². The van der Waals surface area contributed by atoms with E-state index in [4.69, 9.17) is 11.6 Å². The van der Waals surface area contributed by atoms with E-state index in [0.29, 0.717) is 17.9 Å². The molecule has 2 aromatic carbocycles. The monoisotopic (exact) mass is 491 g/mol. The lowest BCUT2D eigenvalue weighted by molar-refractivity contribution is -0.116. The lowest BCUT2D eigenvalue weighted by Crippen LogP contribution is -2.13. The number of rotatable bonds is 8. The topological polar surface area (TPSA) is 72.7 Å². The quantitative estimate of drug-likeness (QED) is 0.227. The maximum absolute atomic E-state index is 12.5. The molecule has 34 heavy (non-hydrogen) atoms. The largest absolute Gasteiger partial charge is 0.326 e. The molecule has 0 bridgehead atoms. The number of aromatic nitrogens is 4. The first-order chi connectivity index (χ1) is 16.5. The third kappa shape index (κ3) is 5.32. The Kier molecular flexibility index (Phi) is 7.65. The smallest absolute Gasteiger partial charge is 0.224 e. The fourth-order valence-electron chi connectivity index (χ4n) is 3.72. The molecule has 4 aromatic rings. The van der Waals surface area contributed by atoms with E-state index in [-0.39, 0.29) is 5.91 Å². The number of amides is 1. The summed E-state index contributed by atoms with van der Waals surface area (Å²) in [4.78, 5) is 16.6. The molecular formula is C26H26ClN5OS. The first-order valence-corrected chi connectivity index (χ1v) is 12.4. The van der Waals surface area contributed by atoms with E-state index in [1.807, 2.05) is 73.9 Å². The Hall–Kier alpha value is -3.16. The zero-order valence-electron chi connectivity index (χ0n) is 19.4. The van der Waals surface area contributed by atoms with Gasteiger partial charge in [0.05, 0.1) is 5.69 Å². The fraction of sp³-hybridized carbons (Fsp3) is 0.231. The van der Waals surface area contributed by atoms with E-state index in [1.54, 1.807) is 24.2 Å². The minimum atomic E-state index is 0.0163. The van der Waals surface area contributed by atoms with Gasteiger partial charge in [-0.1, -0.05) is 47.6 Å². The van der Waals surface area contributed by atoms with Crippen molar-refractivity contribution in [2.75, 3.05) is 11.1 Å². The normalized spacial score (nSPS) is 10.9. The molecule has 1 amide bonds. The van der Waals surface area contributed by atoms with Crippen molar-refractivity contribution in [2.24, 2.45) is 0 Å². The van der Waals surface area contributed by atoms with E-state index < -0.39 is 0 Å². The average molecular weight is 492 g/mol. The van der Waals surface area contributed by atoms with Crippen molar-refractivity contribution in [1.29, 1.82) is 0 Å². The highest BCUT2D eigenvalue weighted by atomic mass is 35.5. The van der Waals surface area contributed by atoms with Crippen LogP contribution in [0.25, 0.3) is 17.1 Å². The molecule has 174 valence electrons. The molecule has 0 aliphatic rings. The van der Waals surface area contributed by atoms with Gasteiger partial charge in [0.25, 0.3) is 0 Å². The number of carbonyl (C=O) groups excluding carboxylic acids is 1. The lowest BCUT2D eigenvalue weighted by Gasteiger charge is -2.14. The number of carbonyl (C=O) groups is 1. The summed E-state index contributed by atoms with van der Waals surface area (Å²) in [5.41, 5.74) is 5.83. The Balaban J connectivity index is 1.49. The molecule has 0 aliphatic carbocycles. The van der Waals surface area contributed by atoms with Crippen molar-refractivity contribution in [3.63, 3.8) is 0 Å². The Morgan fingerprint density at radius 2 is 1.71 bits per heavy atom. The van der Waals surface area contributed by atoms with E-state index in [0.717, 1.165) is 50.4 Å². The van der Waals surface area contributed by atoms with Gasteiger partial charge in [-0.3, -0.25) is 14.3 Å². The van der Waals surface area contributed by atoms with Gasteiger partial charge in [-0.25, -0.2) is 0 Å². The number of para-hydroxylation sites is 1. The van der Waals surface area contributed by atoms with Crippen LogP contribution in [0.2, 0.25) is 5.02 Å². The first-order valence-electron chi connectivity index (χ1n) is 11.1. The highest BCUT2D eigenvalue weighted by Crippen LogP contribution is 2.32. The number of nitrogens with zero attached hydrogens (tertiary/aromatic N) is 4. The molecule has 0 unspecified atom stereocenters. The zero-order chi connectivity index (χ0) is 24.1. The molecule has 0 fully saturated rings. The molecule has 0 radical (unpaired) electrons. The lowest BCUT2D eigenvalue weighted by atomic mass is 10.1. The van der Waals surface area contributed by atoms with Crippen LogP contribution in [0.4, 0.5) is 5.69 Å². The Bertz CT molecular complexity index is 1290. The molecule has 2 heterocycles. The molecular weight excluding hydrogens is 466 g/mol. The van der Waals surface area contributed by atoms with Gasteiger partial charge in [0.1, 0.15) is 0 Å². The van der Waals surface area contributed by atoms with E-state index >= 15 is 0 Å². The van der Waals surface area contributed by atoms with Crippen molar-refractivity contribution in [3.8, 4) is 17.1 Å². The molecule has 1 N–H and O–H groups in total. The van der Waals surface area contributed by atoms with Gasteiger partial charge in [0.2, 0.25) is 5.91 Å². The van der Waals surface area contributed by atoms with Crippen LogP contribution < -0.4 is 5.32 Å². The molecule has 0 aliphatic heterocycles. The average Bonchev–Trinajstić information content (AvgIpc) is 3.25. The Labute approximate surface area is 208 Å².